The molecule has 0 aliphatic rings. The van der Waals surface area contributed by atoms with E-state index in [0.717, 1.165) is 10.6 Å². The number of thioether (sulfide) groups is 1. The number of thiophene rings is 1. The molecule has 3 rings (SSSR count). The summed E-state index contributed by atoms with van der Waals surface area (Å²) in [7, 11) is -3.08. The molecule has 0 spiro atoms. The average Bonchev–Trinajstić information content (AvgIpc) is 3.19. The Hall–Kier alpha value is -2.29. The second-order valence-corrected chi connectivity index (χ2v) is 10.6. The van der Waals surface area contributed by atoms with Crippen LogP contribution in [0.25, 0.3) is 0 Å². The minimum absolute atomic E-state index is 0.0571. The van der Waals surface area contributed by atoms with Crippen LogP contribution in [0.4, 0.5) is 5.69 Å². The second kappa shape index (κ2) is 9.96. The van der Waals surface area contributed by atoms with Crippen LogP contribution in [0.2, 0.25) is 0 Å². The second-order valence-electron chi connectivity index (χ2n) is 6.32. The zero-order valence-electron chi connectivity index (χ0n) is 15.8. The van der Waals surface area contributed by atoms with Crippen molar-refractivity contribution in [2.75, 3.05) is 23.9 Å². The molecule has 1 aromatic heterocycles. The molecule has 152 valence electrons. The monoisotopic (exact) mass is 447 g/mol. The maximum Gasteiger partial charge on any atom is 0.256 e. The fourth-order valence-corrected chi connectivity index (χ4v) is 4.71. The number of anilines is 1. The number of benzene rings is 2. The van der Waals surface area contributed by atoms with Crippen LogP contribution in [0.3, 0.4) is 0 Å². The molecule has 1 heterocycles. The number of amides is 1. The molecule has 3 aromatic rings. The van der Waals surface area contributed by atoms with Crippen LogP contribution in [-0.4, -0.2) is 32.9 Å². The Bertz CT molecular complexity index is 1060. The Labute approximate surface area is 179 Å². The highest BCUT2D eigenvalue weighted by molar-refractivity contribution is 7.98. The normalized spacial score (nSPS) is 11.2. The largest absolute Gasteiger partial charge is 0.492 e. The van der Waals surface area contributed by atoms with Gasteiger partial charge in [-0.05, 0) is 35.7 Å². The molecular weight excluding hydrogens is 426 g/mol. The van der Waals surface area contributed by atoms with Gasteiger partial charge in [0.15, 0.2) is 9.84 Å². The van der Waals surface area contributed by atoms with E-state index in [4.69, 9.17) is 4.74 Å². The molecule has 5 nitrogen and oxygen atoms in total. The lowest BCUT2D eigenvalue weighted by molar-refractivity contribution is 0.102. The lowest BCUT2D eigenvalue weighted by Gasteiger charge is -2.11. The molecule has 0 unspecified atom stereocenters. The van der Waals surface area contributed by atoms with Gasteiger partial charge in [-0.25, -0.2) is 8.42 Å². The van der Waals surface area contributed by atoms with Crippen molar-refractivity contribution in [3.63, 3.8) is 0 Å². The summed E-state index contributed by atoms with van der Waals surface area (Å²) in [5.74, 6) is 1.06. The Morgan fingerprint density at radius 3 is 2.69 bits per heavy atom. The first kappa shape index (κ1) is 21.4. The number of rotatable bonds is 9. The molecule has 0 saturated carbocycles. The highest BCUT2D eigenvalue weighted by atomic mass is 32.2. The fourth-order valence-electron chi connectivity index (χ4n) is 2.50. The Kier molecular flexibility index (Phi) is 7.35. The molecule has 0 atom stereocenters. The van der Waals surface area contributed by atoms with E-state index in [-0.39, 0.29) is 18.3 Å². The van der Waals surface area contributed by atoms with Gasteiger partial charge < -0.3 is 10.1 Å². The van der Waals surface area contributed by atoms with E-state index < -0.39 is 9.84 Å². The number of carbonyl (C=O) groups excluding carboxylic acids is 1. The number of hydrogen-bond acceptors (Lipinski definition) is 6. The van der Waals surface area contributed by atoms with E-state index in [9.17, 15) is 13.2 Å². The number of nitrogens with one attached hydrogen (secondary N) is 1. The lowest BCUT2D eigenvalue weighted by Crippen LogP contribution is -2.14. The molecular formula is C21H21NO4S3. The third-order valence-electron chi connectivity index (χ3n) is 3.90. The molecule has 0 aliphatic heterocycles. The van der Waals surface area contributed by atoms with E-state index in [1.54, 1.807) is 53.4 Å². The number of ether oxygens (including phenoxy) is 1. The highest BCUT2D eigenvalue weighted by Gasteiger charge is 2.12. The third-order valence-corrected chi connectivity index (χ3v) is 6.99. The average molecular weight is 448 g/mol. The molecule has 0 bridgehead atoms. The fraction of sp³-hybridized carbons (Fsp3) is 0.190. The predicted octanol–water partition coefficient (Wildman–Crippen LogP) is 4.72. The SMILES string of the molecule is CS(=O)(=O)CCOc1cccc(NC(=O)c2ccccc2SCc2cccs2)c1. The molecule has 0 saturated heterocycles. The van der Waals surface area contributed by atoms with Crippen LogP contribution in [0, 0.1) is 0 Å². The summed E-state index contributed by atoms with van der Waals surface area (Å²) >= 11 is 3.32. The quantitative estimate of drug-likeness (QED) is 0.481. The van der Waals surface area contributed by atoms with Gasteiger partial charge in [-0.1, -0.05) is 24.3 Å². The van der Waals surface area contributed by atoms with Crippen LogP contribution in [0.15, 0.2) is 70.9 Å². The van der Waals surface area contributed by atoms with Crippen LogP contribution >= 0.6 is 23.1 Å². The Morgan fingerprint density at radius 2 is 1.93 bits per heavy atom. The molecule has 0 radical (unpaired) electrons. The summed E-state index contributed by atoms with van der Waals surface area (Å²) in [4.78, 5) is 15.0. The number of hydrogen-bond donors (Lipinski definition) is 1. The standard InChI is InChI=1S/C21H21NO4S3/c1-29(24,25)13-11-26-17-7-4-6-16(14-17)22-21(23)19-9-2-3-10-20(19)28-15-18-8-5-12-27-18/h2-10,12,14H,11,13,15H2,1H3,(H,22,23). The topological polar surface area (TPSA) is 72.5 Å². The van der Waals surface area contributed by atoms with Gasteiger partial charge in [0, 0.05) is 33.5 Å². The molecule has 2 aromatic carbocycles. The summed E-state index contributed by atoms with van der Waals surface area (Å²) in [6.07, 6.45) is 1.17. The first-order valence-corrected chi connectivity index (χ1v) is 12.8. The molecule has 1 N–H and O–H groups in total. The minimum atomic E-state index is -3.08. The lowest BCUT2D eigenvalue weighted by atomic mass is 10.2. The summed E-state index contributed by atoms with van der Waals surface area (Å²) in [6, 6.07) is 18.5. The summed E-state index contributed by atoms with van der Waals surface area (Å²) in [6.45, 7) is 0.0679. The predicted molar refractivity (Wildman–Crippen MR) is 120 cm³/mol. The van der Waals surface area contributed by atoms with Gasteiger partial charge >= 0.3 is 0 Å². The van der Waals surface area contributed by atoms with Gasteiger partial charge in [-0.3, -0.25) is 4.79 Å². The van der Waals surface area contributed by atoms with E-state index >= 15 is 0 Å². The van der Waals surface area contributed by atoms with Gasteiger partial charge in [-0.2, -0.15) is 0 Å². The van der Waals surface area contributed by atoms with Crippen molar-refractivity contribution in [3.05, 3.63) is 76.5 Å². The van der Waals surface area contributed by atoms with Crippen molar-refractivity contribution in [2.45, 2.75) is 10.6 Å². The molecule has 8 heteroatoms. The van der Waals surface area contributed by atoms with Crippen molar-refractivity contribution in [1.29, 1.82) is 0 Å². The van der Waals surface area contributed by atoms with Crippen molar-refractivity contribution in [2.24, 2.45) is 0 Å². The number of sulfone groups is 1. The van der Waals surface area contributed by atoms with Crippen LogP contribution in [-0.2, 0) is 15.6 Å². The smallest absolute Gasteiger partial charge is 0.256 e. The van der Waals surface area contributed by atoms with Gasteiger partial charge in [0.2, 0.25) is 0 Å². The van der Waals surface area contributed by atoms with Crippen molar-refractivity contribution >= 4 is 44.5 Å². The van der Waals surface area contributed by atoms with Gasteiger partial charge in [0.1, 0.15) is 12.4 Å². The summed E-state index contributed by atoms with van der Waals surface area (Å²) in [5.41, 5.74) is 1.20. The maximum atomic E-state index is 12.8. The van der Waals surface area contributed by atoms with Gasteiger partial charge in [0.05, 0.1) is 11.3 Å². The third kappa shape index (κ3) is 6.92. The summed E-state index contributed by atoms with van der Waals surface area (Å²) < 4.78 is 27.9. The van der Waals surface area contributed by atoms with Crippen LogP contribution in [0.1, 0.15) is 15.2 Å². The van der Waals surface area contributed by atoms with Gasteiger partial charge in [0.25, 0.3) is 5.91 Å². The van der Waals surface area contributed by atoms with Crippen LogP contribution in [0.5, 0.6) is 5.75 Å². The van der Waals surface area contributed by atoms with E-state index in [2.05, 4.69) is 11.4 Å². The van der Waals surface area contributed by atoms with Crippen molar-refractivity contribution in [3.8, 4) is 5.75 Å². The zero-order valence-corrected chi connectivity index (χ0v) is 18.3. The first-order chi connectivity index (χ1) is 13.9. The Balaban J connectivity index is 1.65. The van der Waals surface area contributed by atoms with Gasteiger partial charge in [-0.15, -0.1) is 23.1 Å². The highest BCUT2D eigenvalue weighted by Crippen LogP contribution is 2.28. The molecule has 0 fully saturated rings. The summed E-state index contributed by atoms with van der Waals surface area (Å²) in [5, 5.41) is 4.93. The number of carbonyl (C=O) groups is 1. The van der Waals surface area contributed by atoms with Crippen molar-refractivity contribution < 1.29 is 17.9 Å². The molecule has 1 amide bonds. The first-order valence-electron chi connectivity index (χ1n) is 8.87. The van der Waals surface area contributed by atoms with Crippen LogP contribution < -0.4 is 10.1 Å². The maximum absolute atomic E-state index is 12.8. The van der Waals surface area contributed by atoms with E-state index in [1.165, 1.54) is 11.1 Å². The minimum Gasteiger partial charge on any atom is -0.492 e. The van der Waals surface area contributed by atoms with E-state index in [0.29, 0.717) is 17.0 Å². The zero-order chi connectivity index (χ0) is 20.7. The molecule has 0 aliphatic carbocycles. The Morgan fingerprint density at radius 1 is 1.10 bits per heavy atom. The molecule has 29 heavy (non-hydrogen) atoms. The van der Waals surface area contributed by atoms with E-state index in [1.807, 2.05) is 29.6 Å². The van der Waals surface area contributed by atoms with Crippen molar-refractivity contribution in [1.82, 2.24) is 0 Å².